The van der Waals surface area contributed by atoms with Crippen LogP contribution in [-0.2, 0) is 6.18 Å². The molecular formula is C22H19F4N3O2. The molecular weight excluding hydrogens is 414 g/mol. The highest BCUT2D eigenvalue weighted by Crippen LogP contribution is 2.42. The lowest BCUT2D eigenvalue weighted by Crippen LogP contribution is -2.28. The smallest absolute Gasteiger partial charge is 0.416 e. The number of rotatable bonds is 7. The molecule has 1 N–H and O–H groups in total. The molecule has 3 aromatic rings. The largest absolute Gasteiger partial charge is 0.492 e. The van der Waals surface area contributed by atoms with Gasteiger partial charge in [-0.15, -0.1) is 0 Å². The highest BCUT2D eigenvalue weighted by atomic mass is 19.4. The maximum atomic E-state index is 13.1. The van der Waals surface area contributed by atoms with Crippen molar-refractivity contribution in [1.29, 1.82) is 0 Å². The molecule has 1 aliphatic rings. The molecule has 5 nitrogen and oxygen atoms in total. The molecule has 9 heteroatoms. The number of hydrogen-bond acceptors (Lipinski definition) is 3. The van der Waals surface area contributed by atoms with Crippen LogP contribution in [0.2, 0.25) is 0 Å². The lowest BCUT2D eigenvalue weighted by atomic mass is 10.1. The highest BCUT2D eigenvalue weighted by molar-refractivity contribution is 5.95. The average molecular weight is 433 g/mol. The molecule has 162 valence electrons. The van der Waals surface area contributed by atoms with Crippen molar-refractivity contribution in [2.75, 3.05) is 13.2 Å². The van der Waals surface area contributed by atoms with Gasteiger partial charge in [-0.2, -0.15) is 18.3 Å². The lowest BCUT2D eigenvalue weighted by molar-refractivity contribution is -0.137. The van der Waals surface area contributed by atoms with E-state index in [-0.39, 0.29) is 36.5 Å². The average Bonchev–Trinajstić information content (AvgIpc) is 3.49. The first-order valence-electron chi connectivity index (χ1n) is 9.75. The van der Waals surface area contributed by atoms with Crippen LogP contribution in [0, 0.1) is 5.82 Å². The van der Waals surface area contributed by atoms with Crippen LogP contribution in [0.4, 0.5) is 17.6 Å². The molecule has 0 atom stereocenters. The van der Waals surface area contributed by atoms with Gasteiger partial charge in [0.2, 0.25) is 0 Å². The number of hydrogen-bond donors (Lipinski definition) is 1. The number of nitrogens with one attached hydrogen (secondary N) is 1. The Balaban J connectivity index is 1.46. The first-order chi connectivity index (χ1) is 14.8. The second kappa shape index (κ2) is 8.41. The van der Waals surface area contributed by atoms with E-state index in [1.54, 1.807) is 0 Å². The topological polar surface area (TPSA) is 56.1 Å². The van der Waals surface area contributed by atoms with E-state index in [1.165, 1.54) is 47.3 Å². The Morgan fingerprint density at radius 2 is 1.90 bits per heavy atom. The van der Waals surface area contributed by atoms with Crippen LogP contribution in [-0.4, -0.2) is 28.8 Å². The second-order valence-corrected chi connectivity index (χ2v) is 7.24. The number of carbonyl (C=O) groups excluding carboxylic acids is 1. The first-order valence-corrected chi connectivity index (χ1v) is 9.75. The number of alkyl halides is 3. The van der Waals surface area contributed by atoms with Gasteiger partial charge in [0.1, 0.15) is 18.2 Å². The van der Waals surface area contributed by atoms with Gasteiger partial charge in [0.15, 0.2) is 0 Å². The van der Waals surface area contributed by atoms with Crippen LogP contribution >= 0.6 is 0 Å². The predicted octanol–water partition coefficient (Wildman–Crippen LogP) is 4.72. The Morgan fingerprint density at radius 3 is 2.58 bits per heavy atom. The monoisotopic (exact) mass is 433 g/mol. The van der Waals surface area contributed by atoms with Crippen LogP contribution in [0.1, 0.15) is 40.4 Å². The van der Waals surface area contributed by atoms with E-state index in [4.69, 9.17) is 4.74 Å². The third-order valence-corrected chi connectivity index (χ3v) is 4.90. The highest BCUT2D eigenvalue weighted by Gasteiger charge is 2.34. The van der Waals surface area contributed by atoms with E-state index in [0.29, 0.717) is 17.0 Å². The lowest BCUT2D eigenvalue weighted by Gasteiger charge is -2.12. The zero-order valence-corrected chi connectivity index (χ0v) is 16.3. The van der Waals surface area contributed by atoms with E-state index in [9.17, 15) is 22.4 Å². The Kier molecular flexibility index (Phi) is 5.67. The van der Waals surface area contributed by atoms with Gasteiger partial charge in [-0.3, -0.25) is 4.79 Å². The van der Waals surface area contributed by atoms with E-state index < -0.39 is 11.7 Å². The van der Waals surface area contributed by atoms with Crippen molar-refractivity contribution in [2.24, 2.45) is 0 Å². The molecule has 1 fully saturated rings. The summed E-state index contributed by atoms with van der Waals surface area (Å²) in [6, 6.07) is 10.4. The maximum absolute atomic E-state index is 13.1. The summed E-state index contributed by atoms with van der Waals surface area (Å²) >= 11 is 0. The molecule has 0 spiro atoms. The van der Waals surface area contributed by atoms with Crippen LogP contribution in [0.25, 0.3) is 5.69 Å². The van der Waals surface area contributed by atoms with Crippen molar-refractivity contribution in [3.8, 4) is 11.4 Å². The number of carbonyl (C=O) groups is 1. The van der Waals surface area contributed by atoms with Crippen molar-refractivity contribution in [3.05, 3.63) is 77.4 Å². The van der Waals surface area contributed by atoms with Crippen molar-refractivity contribution in [2.45, 2.75) is 24.9 Å². The van der Waals surface area contributed by atoms with E-state index in [1.807, 2.05) is 0 Å². The van der Waals surface area contributed by atoms with Crippen molar-refractivity contribution < 1.29 is 27.1 Å². The minimum atomic E-state index is -4.46. The first kappa shape index (κ1) is 20.9. The summed E-state index contributed by atoms with van der Waals surface area (Å²) < 4.78 is 59.0. The fourth-order valence-corrected chi connectivity index (χ4v) is 3.26. The van der Waals surface area contributed by atoms with E-state index in [2.05, 4.69) is 10.4 Å². The molecule has 31 heavy (non-hydrogen) atoms. The molecule has 0 aliphatic heterocycles. The summed E-state index contributed by atoms with van der Waals surface area (Å²) in [6.07, 6.45) is -1.39. The number of amides is 1. The number of aromatic nitrogens is 2. The van der Waals surface area contributed by atoms with Gasteiger partial charge in [-0.1, -0.05) is 6.07 Å². The van der Waals surface area contributed by atoms with Crippen LogP contribution in [0.15, 0.2) is 54.7 Å². The van der Waals surface area contributed by atoms with Gasteiger partial charge < -0.3 is 10.1 Å². The summed E-state index contributed by atoms with van der Waals surface area (Å²) in [4.78, 5) is 12.7. The zero-order chi connectivity index (χ0) is 22.0. The van der Waals surface area contributed by atoms with Gasteiger partial charge >= 0.3 is 6.18 Å². The van der Waals surface area contributed by atoms with Crippen molar-refractivity contribution >= 4 is 5.91 Å². The molecule has 1 heterocycles. The van der Waals surface area contributed by atoms with E-state index in [0.717, 1.165) is 25.0 Å². The normalized spacial score (nSPS) is 13.8. The Bertz CT molecular complexity index is 1070. The fraction of sp³-hybridized carbons (Fsp3) is 0.273. The number of benzene rings is 2. The number of halogens is 4. The van der Waals surface area contributed by atoms with Crippen LogP contribution < -0.4 is 10.1 Å². The van der Waals surface area contributed by atoms with Crippen LogP contribution in [0.5, 0.6) is 5.75 Å². The van der Waals surface area contributed by atoms with Gasteiger partial charge in [0, 0.05) is 5.92 Å². The minimum Gasteiger partial charge on any atom is -0.492 e. The second-order valence-electron chi connectivity index (χ2n) is 7.24. The predicted molar refractivity (Wildman–Crippen MR) is 105 cm³/mol. The number of ether oxygens (including phenoxy) is 1. The number of nitrogens with zero attached hydrogens (tertiary/aromatic N) is 2. The molecule has 1 aromatic heterocycles. The maximum Gasteiger partial charge on any atom is 0.416 e. The third-order valence-electron chi connectivity index (χ3n) is 4.90. The molecule has 1 amide bonds. The van der Waals surface area contributed by atoms with E-state index >= 15 is 0 Å². The Morgan fingerprint density at radius 1 is 1.16 bits per heavy atom. The zero-order valence-electron chi connectivity index (χ0n) is 16.3. The van der Waals surface area contributed by atoms with Crippen LogP contribution in [0.3, 0.4) is 0 Å². The molecule has 2 aromatic carbocycles. The standard InChI is InChI=1S/C22H19F4N3O2/c23-16-6-8-18(9-7-16)31-11-10-27-21(30)19-13-28-29(20(19)14-4-5-14)17-3-1-2-15(12-17)22(24,25)26/h1-3,6-9,12-14H,4-5,10-11H2,(H,27,30). The van der Waals surface area contributed by atoms with Crippen molar-refractivity contribution in [3.63, 3.8) is 0 Å². The molecule has 0 bridgehead atoms. The molecule has 4 rings (SSSR count). The minimum absolute atomic E-state index is 0.0771. The molecule has 1 aliphatic carbocycles. The fourth-order valence-electron chi connectivity index (χ4n) is 3.26. The van der Waals surface area contributed by atoms with Gasteiger partial charge in [-0.05, 0) is 55.3 Å². The summed E-state index contributed by atoms with van der Waals surface area (Å²) in [5.74, 6) is -0.186. The van der Waals surface area contributed by atoms with Gasteiger partial charge in [-0.25, -0.2) is 9.07 Å². The third kappa shape index (κ3) is 4.87. The van der Waals surface area contributed by atoms with Gasteiger partial charge in [0.25, 0.3) is 5.91 Å². The SMILES string of the molecule is O=C(NCCOc1ccc(F)cc1)c1cnn(-c2cccc(C(F)(F)F)c2)c1C1CC1. The Labute approximate surface area is 175 Å². The molecule has 0 unspecified atom stereocenters. The van der Waals surface area contributed by atoms with Gasteiger partial charge in [0.05, 0.1) is 35.2 Å². The summed E-state index contributed by atoms with van der Waals surface area (Å²) in [7, 11) is 0. The molecule has 1 saturated carbocycles. The Hall–Kier alpha value is -3.36. The molecule has 0 radical (unpaired) electrons. The quantitative estimate of drug-likeness (QED) is 0.434. The molecule has 0 saturated heterocycles. The summed E-state index contributed by atoms with van der Waals surface area (Å²) in [5.41, 5.74) is 0.430. The summed E-state index contributed by atoms with van der Waals surface area (Å²) in [5, 5.41) is 6.93. The summed E-state index contributed by atoms with van der Waals surface area (Å²) in [6.45, 7) is 0.382. The van der Waals surface area contributed by atoms with Crippen molar-refractivity contribution in [1.82, 2.24) is 15.1 Å².